The summed E-state index contributed by atoms with van der Waals surface area (Å²) < 4.78 is 1.85. The van der Waals surface area contributed by atoms with Crippen molar-refractivity contribution in [1.82, 2.24) is 29.4 Å². The molecular weight excluding hydrogens is 426 g/mol. The number of fused-ring (bicyclic) bond motifs is 2. The van der Waals surface area contributed by atoms with Gasteiger partial charge in [-0.25, -0.2) is 15.0 Å². The summed E-state index contributed by atoms with van der Waals surface area (Å²) >= 11 is 6.11. The quantitative estimate of drug-likeness (QED) is 0.440. The maximum atomic E-state index is 9.46. The number of rotatable bonds is 7. The number of aromatic nitrogens is 5. The van der Waals surface area contributed by atoms with Gasteiger partial charge in [0, 0.05) is 11.6 Å². The Balaban J connectivity index is 1.88. The Morgan fingerprint density at radius 3 is 2.53 bits per heavy atom. The molecule has 0 saturated heterocycles. The molecule has 162 valence electrons. The van der Waals surface area contributed by atoms with Gasteiger partial charge in [-0.3, -0.25) is 0 Å². The summed E-state index contributed by atoms with van der Waals surface area (Å²) in [6.45, 7) is 7.69. The zero-order chi connectivity index (χ0) is 22.8. The molecule has 10 heteroatoms. The Morgan fingerprint density at radius 1 is 1.12 bits per heavy atom. The van der Waals surface area contributed by atoms with E-state index in [1.165, 1.54) is 0 Å². The lowest BCUT2D eigenvalue weighted by molar-refractivity contribution is 0.294. The third-order valence-electron chi connectivity index (χ3n) is 5.56. The molecule has 0 spiro atoms. The molecule has 3 aromatic heterocycles. The molecule has 9 nitrogen and oxygen atoms in total. The molecule has 0 bridgehead atoms. The Labute approximate surface area is 190 Å². The van der Waals surface area contributed by atoms with E-state index < -0.39 is 0 Å². The van der Waals surface area contributed by atoms with Crippen molar-refractivity contribution in [2.45, 2.75) is 26.8 Å². The molecule has 0 aliphatic heterocycles. The van der Waals surface area contributed by atoms with Crippen molar-refractivity contribution in [2.24, 2.45) is 0 Å². The van der Waals surface area contributed by atoms with E-state index in [1.54, 1.807) is 12.1 Å². The van der Waals surface area contributed by atoms with Gasteiger partial charge in [0.05, 0.1) is 16.6 Å². The maximum absolute atomic E-state index is 9.46. The van der Waals surface area contributed by atoms with Gasteiger partial charge in [-0.2, -0.15) is 10.5 Å². The molecule has 1 aromatic carbocycles. The molecule has 3 heterocycles. The van der Waals surface area contributed by atoms with E-state index in [1.807, 2.05) is 22.8 Å². The molecule has 0 amide bonds. The predicted octanol–water partition coefficient (Wildman–Crippen LogP) is 3.69. The van der Waals surface area contributed by atoms with Crippen LogP contribution in [0.4, 0.5) is 5.82 Å². The number of nitriles is 2. The van der Waals surface area contributed by atoms with Gasteiger partial charge in [0.15, 0.2) is 17.0 Å². The monoisotopic (exact) mass is 447 g/mol. The smallest absolute Gasteiger partial charge is 0.179 e. The largest absolute Gasteiger partial charge is 0.384 e. The van der Waals surface area contributed by atoms with Crippen molar-refractivity contribution in [3.8, 4) is 23.5 Å². The van der Waals surface area contributed by atoms with Crippen LogP contribution < -0.4 is 5.73 Å². The summed E-state index contributed by atoms with van der Waals surface area (Å²) in [5.74, 6) is 0.943. The minimum Gasteiger partial charge on any atom is -0.384 e. The Kier molecular flexibility index (Phi) is 5.95. The molecule has 0 aliphatic carbocycles. The van der Waals surface area contributed by atoms with Crippen molar-refractivity contribution in [3.63, 3.8) is 0 Å². The first-order valence-electron chi connectivity index (χ1n) is 10.4. The highest BCUT2D eigenvalue weighted by Gasteiger charge is 2.24. The summed E-state index contributed by atoms with van der Waals surface area (Å²) in [6.07, 6.45) is 0.842. The summed E-state index contributed by atoms with van der Waals surface area (Å²) in [6, 6.07) is 9.28. The predicted molar refractivity (Wildman–Crippen MR) is 124 cm³/mol. The second-order valence-corrected chi connectivity index (χ2v) is 7.79. The van der Waals surface area contributed by atoms with Gasteiger partial charge < -0.3 is 20.2 Å². The van der Waals surface area contributed by atoms with Crippen molar-refractivity contribution < 1.29 is 0 Å². The first-order chi connectivity index (χ1) is 15.5. The minimum atomic E-state index is -0.0410. The zero-order valence-corrected chi connectivity index (χ0v) is 18.6. The van der Waals surface area contributed by atoms with E-state index in [0.717, 1.165) is 37.1 Å². The van der Waals surface area contributed by atoms with Crippen LogP contribution in [0.3, 0.4) is 0 Å². The maximum Gasteiger partial charge on any atom is 0.179 e. The van der Waals surface area contributed by atoms with Crippen LogP contribution >= 0.6 is 11.6 Å². The molecular formula is C22H22ClN9. The summed E-state index contributed by atoms with van der Waals surface area (Å²) in [7, 11) is 0. The molecule has 0 saturated carbocycles. The van der Waals surface area contributed by atoms with E-state index in [2.05, 4.69) is 38.7 Å². The number of nitrogens with zero attached hydrogens (tertiary/aromatic N) is 7. The molecule has 4 aromatic rings. The number of anilines is 1. The van der Waals surface area contributed by atoms with Crippen molar-refractivity contribution in [3.05, 3.63) is 34.6 Å². The lowest BCUT2D eigenvalue weighted by atomic mass is 10.2. The van der Waals surface area contributed by atoms with Gasteiger partial charge >= 0.3 is 0 Å². The number of H-pyrrole nitrogens is 1. The van der Waals surface area contributed by atoms with Crippen LogP contribution in [0.1, 0.15) is 31.7 Å². The van der Waals surface area contributed by atoms with Crippen LogP contribution in [0.2, 0.25) is 5.02 Å². The molecule has 4 rings (SSSR count). The third-order valence-corrected chi connectivity index (χ3v) is 5.79. The molecule has 3 N–H and O–H groups in total. The molecule has 0 unspecified atom stereocenters. The highest BCUT2D eigenvalue weighted by atomic mass is 35.5. The lowest BCUT2D eigenvalue weighted by Crippen LogP contribution is -2.25. The van der Waals surface area contributed by atoms with E-state index in [0.29, 0.717) is 39.9 Å². The van der Waals surface area contributed by atoms with Crippen molar-refractivity contribution in [2.75, 3.05) is 25.4 Å². The van der Waals surface area contributed by atoms with Crippen LogP contribution in [0.5, 0.6) is 0 Å². The van der Waals surface area contributed by atoms with Gasteiger partial charge in [-0.05, 0) is 44.3 Å². The minimum absolute atomic E-state index is 0.0227. The molecule has 0 atom stereocenters. The fraction of sp³-hybridized carbons (Fsp3) is 0.318. The summed E-state index contributed by atoms with van der Waals surface area (Å²) in [5.41, 5.74) is 9.47. The molecule has 0 fully saturated rings. The highest BCUT2D eigenvalue weighted by Crippen LogP contribution is 2.35. The number of nitrogens with one attached hydrogen (secondary N) is 1. The normalized spacial score (nSPS) is 11.3. The first kappa shape index (κ1) is 21.6. The molecule has 32 heavy (non-hydrogen) atoms. The highest BCUT2D eigenvalue weighted by molar-refractivity contribution is 6.31. The van der Waals surface area contributed by atoms with Crippen molar-refractivity contribution in [1.29, 1.82) is 10.5 Å². The van der Waals surface area contributed by atoms with Crippen molar-refractivity contribution >= 4 is 39.6 Å². The number of imidazole rings is 1. The fourth-order valence-electron chi connectivity index (χ4n) is 3.86. The number of benzene rings is 1. The van der Waals surface area contributed by atoms with Crippen LogP contribution in [0.15, 0.2) is 18.2 Å². The van der Waals surface area contributed by atoms with E-state index in [4.69, 9.17) is 17.3 Å². The number of hydrogen-bond donors (Lipinski definition) is 2. The second kappa shape index (κ2) is 8.83. The van der Waals surface area contributed by atoms with E-state index in [9.17, 15) is 10.5 Å². The van der Waals surface area contributed by atoms with Gasteiger partial charge in [0.2, 0.25) is 0 Å². The van der Waals surface area contributed by atoms with Gasteiger partial charge in [-0.15, -0.1) is 0 Å². The summed E-state index contributed by atoms with van der Waals surface area (Å²) in [4.78, 5) is 19.1. The Morgan fingerprint density at radius 2 is 1.84 bits per heavy atom. The second-order valence-electron chi connectivity index (χ2n) is 7.36. The average Bonchev–Trinajstić information content (AvgIpc) is 3.32. The third kappa shape index (κ3) is 3.73. The number of aryl methyl sites for hydroxylation is 1. The number of nitrogen functional groups attached to an aromatic ring is 1. The SMILES string of the molecule is CCN(CC)CCCn1c(N)c(-c2nc3ccc(Cl)cc3[nH]2)c2nc(C#N)c(C#N)nc21. The van der Waals surface area contributed by atoms with Crippen LogP contribution in [0, 0.1) is 22.7 Å². The zero-order valence-electron chi connectivity index (χ0n) is 17.9. The average molecular weight is 448 g/mol. The van der Waals surface area contributed by atoms with E-state index >= 15 is 0 Å². The molecule has 0 radical (unpaired) electrons. The number of aromatic amines is 1. The van der Waals surface area contributed by atoms with Crippen LogP contribution in [-0.4, -0.2) is 49.0 Å². The topological polar surface area (TPSA) is 136 Å². The lowest BCUT2D eigenvalue weighted by Gasteiger charge is -2.18. The van der Waals surface area contributed by atoms with E-state index in [-0.39, 0.29) is 11.4 Å². The standard InChI is InChI=1S/C22H22ClN9/c1-3-31(4-2)8-5-9-32-20(26)18(19-22(32)30-17(12-25)16(11-24)27-19)21-28-14-7-6-13(23)10-15(14)29-21/h6-7,10H,3-5,8-9,26H2,1-2H3,(H,28,29). The molecule has 0 aliphatic rings. The fourth-order valence-corrected chi connectivity index (χ4v) is 4.03. The Bertz CT molecular complexity index is 1380. The number of halogens is 1. The Hall–Kier alpha value is -3.66. The number of nitrogens with two attached hydrogens (primary N) is 1. The van der Waals surface area contributed by atoms with Crippen LogP contribution in [0.25, 0.3) is 33.6 Å². The van der Waals surface area contributed by atoms with Crippen LogP contribution in [-0.2, 0) is 6.54 Å². The van der Waals surface area contributed by atoms with Gasteiger partial charge in [0.25, 0.3) is 0 Å². The van der Waals surface area contributed by atoms with Gasteiger partial charge in [0.1, 0.15) is 29.3 Å². The summed E-state index contributed by atoms with van der Waals surface area (Å²) in [5, 5.41) is 19.5. The number of hydrogen-bond acceptors (Lipinski definition) is 7. The first-order valence-corrected chi connectivity index (χ1v) is 10.8. The van der Waals surface area contributed by atoms with Gasteiger partial charge in [-0.1, -0.05) is 25.4 Å².